The predicted molar refractivity (Wildman–Crippen MR) is 71.6 cm³/mol. The second kappa shape index (κ2) is 3.89. The van der Waals surface area contributed by atoms with Crippen molar-refractivity contribution < 1.29 is 4.42 Å². The Morgan fingerprint density at radius 3 is 2.82 bits per heavy atom. The van der Waals surface area contributed by atoms with E-state index in [2.05, 4.69) is 20.9 Å². The average molecular weight is 289 g/mol. The molecule has 3 rings (SSSR count). The van der Waals surface area contributed by atoms with Gasteiger partial charge in [-0.25, -0.2) is 0 Å². The van der Waals surface area contributed by atoms with Crippen LogP contribution in [0.25, 0.3) is 22.4 Å². The summed E-state index contributed by atoms with van der Waals surface area (Å²) < 4.78 is 6.75. The number of halogens is 1. The van der Waals surface area contributed by atoms with Crippen LogP contribution in [0.2, 0.25) is 0 Å². The highest BCUT2D eigenvalue weighted by Gasteiger charge is 2.07. The van der Waals surface area contributed by atoms with E-state index in [9.17, 15) is 0 Å². The fraction of sp³-hybridized carbons (Fsp3) is 0. The second-order valence-electron chi connectivity index (χ2n) is 3.77. The van der Waals surface area contributed by atoms with Crippen LogP contribution in [0.3, 0.4) is 0 Å². The number of rotatable bonds is 1. The van der Waals surface area contributed by atoms with Crippen molar-refractivity contribution in [2.24, 2.45) is 0 Å². The molecule has 0 amide bonds. The summed E-state index contributed by atoms with van der Waals surface area (Å²) in [6, 6.07) is 11.4. The van der Waals surface area contributed by atoms with Crippen molar-refractivity contribution >= 4 is 32.6 Å². The summed E-state index contributed by atoms with van der Waals surface area (Å²) >= 11 is 3.43. The van der Waals surface area contributed by atoms with Crippen LogP contribution in [-0.2, 0) is 0 Å². The first kappa shape index (κ1) is 10.4. The first-order valence-electron chi connectivity index (χ1n) is 5.13. The summed E-state index contributed by atoms with van der Waals surface area (Å²) in [5, 5.41) is 1.04. The summed E-state index contributed by atoms with van der Waals surface area (Å²) in [6.07, 6.45) is 1.67. The fourth-order valence-corrected chi connectivity index (χ4v) is 2.10. The highest BCUT2D eigenvalue weighted by molar-refractivity contribution is 9.10. The van der Waals surface area contributed by atoms with Gasteiger partial charge in [0.05, 0.1) is 0 Å². The zero-order valence-corrected chi connectivity index (χ0v) is 10.4. The standard InChI is InChI=1S/C13H9BrN2O/c14-9-1-2-12-8(5-9)6-13(17-12)11-7-10(15)3-4-16-11/h1-7H,(H2,15,16). The number of nitrogens with zero attached hydrogens (tertiary/aromatic N) is 1. The Labute approximate surface area is 106 Å². The normalized spacial score (nSPS) is 10.9. The quantitative estimate of drug-likeness (QED) is 0.740. The summed E-state index contributed by atoms with van der Waals surface area (Å²) in [7, 11) is 0. The fourth-order valence-electron chi connectivity index (χ4n) is 1.72. The van der Waals surface area contributed by atoms with Gasteiger partial charge in [0.25, 0.3) is 0 Å². The maximum Gasteiger partial charge on any atom is 0.153 e. The Morgan fingerprint density at radius 2 is 2.00 bits per heavy atom. The largest absolute Gasteiger partial charge is 0.454 e. The molecule has 84 valence electrons. The van der Waals surface area contributed by atoms with E-state index in [1.165, 1.54) is 0 Å². The monoisotopic (exact) mass is 288 g/mol. The molecule has 0 bridgehead atoms. The van der Waals surface area contributed by atoms with E-state index in [4.69, 9.17) is 10.2 Å². The average Bonchev–Trinajstić information content (AvgIpc) is 2.72. The number of pyridine rings is 1. The lowest BCUT2D eigenvalue weighted by atomic mass is 10.2. The van der Waals surface area contributed by atoms with Gasteiger partial charge < -0.3 is 10.2 Å². The lowest BCUT2D eigenvalue weighted by Gasteiger charge is -1.96. The highest BCUT2D eigenvalue weighted by atomic mass is 79.9. The van der Waals surface area contributed by atoms with Crippen LogP contribution in [0, 0.1) is 0 Å². The number of hydrogen-bond acceptors (Lipinski definition) is 3. The molecule has 0 aliphatic rings. The molecule has 2 N–H and O–H groups in total. The molecular formula is C13H9BrN2O. The maximum absolute atomic E-state index is 5.73. The van der Waals surface area contributed by atoms with Crippen molar-refractivity contribution in [1.82, 2.24) is 4.98 Å². The minimum absolute atomic E-state index is 0.677. The van der Waals surface area contributed by atoms with Gasteiger partial charge in [-0.2, -0.15) is 0 Å². The molecule has 1 aromatic carbocycles. The minimum atomic E-state index is 0.677. The predicted octanol–water partition coefficient (Wildman–Crippen LogP) is 3.84. The van der Waals surface area contributed by atoms with Crippen LogP contribution in [0.15, 0.2) is 51.5 Å². The third kappa shape index (κ3) is 1.91. The van der Waals surface area contributed by atoms with Gasteiger partial charge >= 0.3 is 0 Å². The van der Waals surface area contributed by atoms with E-state index in [1.807, 2.05) is 24.3 Å². The number of anilines is 1. The van der Waals surface area contributed by atoms with Crippen molar-refractivity contribution in [2.45, 2.75) is 0 Å². The third-order valence-corrected chi connectivity index (χ3v) is 3.01. The Bertz CT molecular complexity index is 691. The molecule has 3 nitrogen and oxygen atoms in total. The molecule has 0 atom stereocenters. The van der Waals surface area contributed by atoms with E-state index in [1.54, 1.807) is 18.3 Å². The van der Waals surface area contributed by atoms with E-state index in [-0.39, 0.29) is 0 Å². The van der Waals surface area contributed by atoms with Crippen LogP contribution in [0.5, 0.6) is 0 Å². The molecule has 17 heavy (non-hydrogen) atoms. The van der Waals surface area contributed by atoms with Crippen LogP contribution < -0.4 is 5.73 Å². The van der Waals surface area contributed by atoms with Gasteiger partial charge in [0, 0.05) is 21.7 Å². The zero-order chi connectivity index (χ0) is 11.8. The molecule has 2 aromatic heterocycles. The SMILES string of the molecule is Nc1ccnc(-c2cc3cc(Br)ccc3o2)c1. The number of fused-ring (bicyclic) bond motifs is 1. The van der Waals surface area contributed by atoms with Crippen LogP contribution >= 0.6 is 15.9 Å². The molecule has 0 spiro atoms. The first-order chi connectivity index (χ1) is 8.22. The number of furan rings is 1. The van der Waals surface area contributed by atoms with Gasteiger partial charge in [0.2, 0.25) is 0 Å². The lowest BCUT2D eigenvalue weighted by molar-refractivity contribution is 0.629. The van der Waals surface area contributed by atoms with Crippen LogP contribution in [0.1, 0.15) is 0 Å². The molecule has 0 radical (unpaired) electrons. The van der Waals surface area contributed by atoms with Gasteiger partial charge in [0.1, 0.15) is 11.3 Å². The summed E-state index contributed by atoms with van der Waals surface area (Å²) in [5.41, 5.74) is 7.99. The van der Waals surface area contributed by atoms with Gasteiger partial charge in [-0.3, -0.25) is 4.98 Å². The van der Waals surface area contributed by atoms with E-state index in [0.717, 1.165) is 26.9 Å². The summed E-state index contributed by atoms with van der Waals surface area (Å²) in [6.45, 7) is 0. The molecule has 4 heteroatoms. The molecule has 0 saturated heterocycles. The number of benzene rings is 1. The number of nitrogens with two attached hydrogens (primary N) is 1. The van der Waals surface area contributed by atoms with Crippen molar-refractivity contribution in [1.29, 1.82) is 0 Å². The van der Waals surface area contributed by atoms with Gasteiger partial charge in [-0.05, 0) is 36.4 Å². The molecular weight excluding hydrogens is 280 g/mol. The minimum Gasteiger partial charge on any atom is -0.454 e. The number of hydrogen-bond donors (Lipinski definition) is 1. The van der Waals surface area contributed by atoms with Crippen molar-refractivity contribution in [3.05, 3.63) is 47.1 Å². The van der Waals surface area contributed by atoms with Crippen LogP contribution in [0.4, 0.5) is 5.69 Å². The molecule has 0 unspecified atom stereocenters. The molecule has 0 aliphatic heterocycles. The van der Waals surface area contributed by atoms with Gasteiger partial charge in [0.15, 0.2) is 5.76 Å². The second-order valence-corrected chi connectivity index (χ2v) is 4.68. The Hall–Kier alpha value is -1.81. The van der Waals surface area contributed by atoms with Gasteiger partial charge in [-0.15, -0.1) is 0 Å². The lowest BCUT2D eigenvalue weighted by Crippen LogP contribution is -1.86. The van der Waals surface area contributed by atoms with Crippen LogP contribution in [-0.4, -0.2) is 4.98 Å². The van der Waals surface area contributed by atoms with Crippen molar-refractivity contribution in [3.63, 3.8) is 0 Å². The molecule has 0 saturated carbocycles. The zero-order valence-electron chi connectivity index (χ0n) is 8.85. The van der Waals surface area contributed by atoms with E-state index < -0.39 is 0 Å². The van der Waals surface area contributed by atoms with E-state index >= 15 is 0 Å². The molecule has 0 aliphatic carbocycles. The van der Waals surface area contributed by atoms with Crippen molar-refractivity contribution in [3.8, 4) is 11.5 Å². The highest BCUT2D eigenvalue weighted by Crippen LogP contribution is 2.29. The molecule has 2 heterocycles. The molecule has 0 fully saturated rings. The topological polar surface area (TPSA) is 52.0 Å². The molecule has 3 aromatic rings. The summed E-state index contributed by atoms with van der Waals surface area (Å²) in [5.74, 6) is 0.727. The number of aromatic nitrogens is 1. The number of nitrogen functional groups attached to an aromatic ring is 1. The Morgan fingerprint density at radius 1 is 1.12 bits per heavy atom. The summed E-state index contributed by atoms with van der Waals surface area (Å²) in [4.78, 5) is 4.24. The first-order valence-corrected chi connectivity index (χ1v) is 5.93. The third-order valence-electron chi connectivity index (χ3n) is 2.51. The Balaban J connectivity index is 2.18. The van der Waals surface area contributed by atoms with E-state index in [0.29, 0.717) is 5.69 Å². The maximum atomic E-state index is 5.73. The Kier molecular flexibility index (Phi) is 2.37. The smallest absolute Gasteiger partial charge is 0.153 e. The van der Waals surface area contributed by atoms with Gasteiger partial charge in [-0.1, -0.05) is 15.9 Å². The van der Waals surface area contributed by atoms with Crippen molar-refractivity contribution in [2.75, 3.05) is 5.73 Å².